The highest BCUT2D eigenvalue weighted by Gasteiger charge is 2.17. The average Bonchev–Trinajstić information content (AvgIpc) is 2.19. The van der Waals surface area contributed by atoms with Crippen molar-refractivity contribution in [3.63, 3.8) is 0 Å². The summed E-state index contributed by atoms with van der Waals surface area (Å²) in [7, 11) is 0. The van der Waals surface area contributed by atoms with Crippen LogP contribution in [0.2, 0.25) is 5.15 Å². The van der Waals surface area contributed by atoms with Crippen LogP contribution in [0.25, 0.3) is 0 Å². The first-order valence-corrected chi connectivity index (χ1v) is 6.02. The number of anilines is 1. The van der Waals surface area contributed by atoms with E-state index in [9.17, 15) is 0 Å². The summed E-state index contributed by atoms with van der Waals surface area (Å²) in [5, 5.41) is 1.12. The van der Waals surface area contributed by atoms with Gasteiger partial charge in [-0.15, -0.1) is 0 Å². The fourth-order valence-corrected chi connectivity index (χ4v) is 2.61. The number of rotatable bonds is 1. The van der Waals surface area contributed by atoms with Crippen LogP contribution in [0, 0.1) is 0 Å². The van der Waals surface area contributed by atoms with Gasteiger partial charge >= 0.3 is 0 Å². The van der Waals surface area contributed by atoms with Crippen LogP contribution in [0.15, 0.2) is 12.4 Å². The normalized spacial score (nSPS) is 22.4. The smallest absolute Gasteiger partial charge is 0.147 e. The van der Waals surface area contributed by atoms with Crippen molar-refractivity contribution in [2.45, 2.75) is 12.2 Å². The molecule has 0 saturated carbocycles. The van der Waals surface area contributed by atoms with Gasteiger partial charge in [-0.1, -0.05) is 18.5 Å². The minimum absolute atomic E-state index is 0.452. The monoisotopic (exact) mass is 229 g/mol. The molecule has 3 nitrogen and oxygen atoms in total. The topological polar surface area (TPSA) is 29.0 Å². The molecule has 1 aromatic rings. The molecule has 1 saturated heterocycles. The number of hydrogen-bond acceptors (Lipinski definition) is 4. The molecule has 0 N–H and O–H groups in total. The van der Waals surface area contributed by atoms with Crippen LogP contribution in [-0.2, 0) is 0 Å². The first kappa shape index (κ1) is 10.1. The van der Waals surface area contributed by atoms with Crippen molar-refractivity contribution in [1.29, 1.82) is 0 Å². The van der Waals surface area contributed by atoms with Crippen molar-refractivity contribution in [3.05, 3.63) is 17.5 Å². The molecule has 0 aromatic carbocycles. The highest BCUT2D eigenvalue weighted by Crippen LogP contribution is 2.21. The largest absolute Gasteiger partial charge is 0.353 e. The molecule has 1 aromatic heterocycles. The Morgan fingerprint density at radius 2 is 2.36 bits per heavy atom. The molecule has 1 aliphatic heterocycles. The fraction of sp³-hybridized carbons (Fsp3) is 0.556. The third-order valence-electron chi connectivity index (χ3n) is 2.17. The van der Waals surface area contributed by atoms with E-state index >= 15 is 0 Å². The van der Waals surface area contributed by atoms with Crippen LogP contribution in [0.4, 0.5) is 5.82 Å². The molecule has 2 rings (SSSR count). The molecule has 1 atom stereocenters. The van der Waals surface area contributed by atoms with E-state index in [1.54, 1.807) is 12.4 Å². The van der Waals surface area contributed by atoms with Crippen LogP contribution in [0.3, 0.4) is 0 Å². The van der Waals surface area contributed by atoms with Gasteiger partial charge < -0.3 is 4.90 Å². The van der Waals surface area contributed by atoms with Gasteiger partial charge in [-0.25, -0.2) is 9.97 Å². The summed E-state index contributed by atoms with van der Waals surface area (Å²) in [6.07, 6.45) is 3.34. The van der Waals surface area contributed by atoms with Crippen LogP contribution >= 0.6 is 23.4 Å². The summed E-state index contributed by atoms with van der Waals surface area (Å²) in [4.78, 5) is 10.5. The van der Waals surface area contributed by atoms with Crippen molar-refractivity contribution >= 4 is 29.2 Å². The van der Waals surface area contributed by atoms with Gasteiger partial charge in [-0.05, 0) is 0 Å². The lowest BCUT2D eigenvalue weighted by atomic mass is 10.4. The van der Waals surface area contributed by atoms with E-state index in [0.717, 1.165) is 24.7 Å². The van der Waals surface area contributed by atoms with E-state index in [1.165, 1.54) is 0 Å². The molecule has 0 radical (unpaired) electrons. The summed E-state index contributed by atoms with van der Waals surface area (Å²) >= 11 is 7.69. The zero-order valence-electron chi connectivity index (χ0n) is 7.98. The molecule has 1 fully saturated rings. The third-order valence-corrected chi connectivity index (χ3v) is 3.50. The Labute approximate surface area is 92.9 Å². The third kappa shape index (κ3) is 2.30. The number of halogens is 1. The molecule has 1 unspecified atom stereocenters. The highest BCUT2D eigenvalue weighted by molar-refractivity contribution is 8.00. The number of aromatic nitrogens is 2. The molecule has 0 spiro atoms. The molecule has 1 aliphatic rings. The van der Waals surface area contributed by atoms with Gasteiger partial charge in [0.25, 0.3) is 0 Å². The second-order valence-corrected chi connectivity index (χ2v) is 5.26. The lowest BCUT2D eigenvalue weighted by molar-refractivity contribution is 0.767. The van der Waals surface area contributed by atoms with Crippen molar-refractivity contribution in [2.75, 3.05) is 23.7 Å². The van der Waals surface area contributed by atoms with Gasteiger partial charge in [-0.3, -0.25) is 0 Å². The second kappa shape index (κ2) is 4.36. The lowest BCUT2D eigenvalue weighted by Crippen LogP contribution is -2.37. The highest BCUT2D eigenvalue weighted by atomic mass is 35.5. The van der Waals surface area contributed by atoms with Crippen molar-refractivity contribution in [2.24, 2.45) is 0 Å². The van der Waals surface area contributed by atoms with Crippen molar-refractivity contribution < 1.29 is 0 Å². The maximum Gasteiger partial charge on any atom is 0.147 e. The predicted octanol–water partition coefficient (Wildman–Crippen LogP) is 2.07. The van der Waals surface area contributed by atoms with Gasteiger partial charge in [0.2, 0.25) is 0 Å². The summed E-state index contributed by atoms with van der Waals surface area (Å²) in [5.74, 6) is 2.09. The second-order valence-electron chi connectivity index (χ2n) is 3.32. The minimum Gasteiger partial charge on any atom is -0.353 e. The van der Waals surface area contributed by atoms with E-state index in [4.69, 9.17) is 11.6 Å². The molecule has 0 bridgehead atoms. The Balaban J connectivity index is 2.10. The quantitative estimate of drug-likeness (QED) is 0.738. The molecular formula is C9H12ClN3S. The van der Waals surface area contributed by atoms with Crippen LogP contribution in [0.1, 0.15) is 6.92 Å². The van der Waals surface area contributed by atoms with E-state index < -0.39 is 0 Å². The average molecular weight is 230 g/mol. The first-order chi connectivity index (χ1) is 6.75. The van der Waals surface area contributed by atoms with Gasteiger partial charge in [-0.2, -0.15) is 11.8 Å². The lowest BCUT2D eigenvalue weighted by Gasteiger charge is -2.31. The SMILES string of the molecule is CC1CN(c2cnc(Cl)cn2)CCS1. The maximum absolute atomic E-state index is 5.68. The predicted molar refractivity (Wildman–Crippen MR) is 61.2 cm³/mol. The standard InChI is InChI=1S/C9H12ClN3S/c1-7-6-13(2-3-14-7)9-5-11-8(10)4-12-9/h4-5,7H,2-3,6H2,1H3. The van der Waals surface area contributed by atoms with E-state index in [2.05, 4.69) is 21.8 Å². The van der Waals surface area contributed by atoms with Crippen molar-refractivity contribution in [1.82, 2.24) is 9.97 Å². The Bertz CT molecular complexity index is 303. The van der Waals surface area contributed by atoms with Gasteiger partial charge in [0, 0.05) is 24.1 Å². The van der Waals surface area contributed by atoms with Crippen molar-refractivity contribution in [3.8, 4) is 0 Å². The summed E-state index contributed by atoms with van der Waals surface area (Å²) in [5.41, 5.74) is 0. The summed E-state index contributed by atoms with van der Waals surface area (Å²) in [6, 6.07) is 0. The van der Waals surface area contributed by atoms with Crippen LogP contribution < -0.4 is 4.90 Å². The summed E-state index contributed by atoms with van der Waals surface area (Å²) in [6.45, 7) is 4.33. The summed E-state index contributed by atoms with van der Waals surface area (Å²) < 4.78 is 0. The van der Waals surface area contributed by atoms with E-state index in [1.807, 2.05) is 11.8 Å². The molecule has 14 heavy (non-hydrogen) atoms. The Hall–Kier alpha value is -0.480. The minimum atomic E-state index is 0.452. The zero-order chi connectivity index (χ0) is 9.97. The number of hydrogen-bond donors (Lipinski definition) is 0. The van der Waals surface area contributed by atoms with Gasteiger partial charge in [0.15, 0.2) is 0 Å². The van der Waals surface area contributed by atoms with Crippen LogP contribution in [-0.4, -0.2) is 34.1 Å². The number of thioether (sulfide) groups is 1. The molecule has 0 aliphatic carbocycles. The van der Waals surface area contributed by atoms with Gasteiger partial charge in [0.1, 0.15) is 11.0 Å². The first-order valence-electron chi connectivity index (χ1n) is 4.60. The Morgan fingerprint density at radius 3 is 3.00 bits per heavy atom. The molecule has 0 amide bonds. The maximum atomic E-state index is 5.68. The van der Waals surface area contributed by atoms with E-state index in [-0.39, 0.29) is 0 Å². The zero-order valence-corrected chi connectivity index (χ0v) is 9.55. The molecule has 76 valence electrons. The van der Waals surface area contributed by atoms with E-state index in [0.29, 0.717) is 10.4 Å². The molecule has 5 heteroatoms. The van der Waals surface area contributed by atoms with Crippen LogP contribution in [0.5, 0.6) is 0 Å². The Morgan fingerprint density at radius 1 is 1.50 bits per heavy atom. The fourth-order valence-electron chi connectivity index (χ4n) is 1.50. The molecular weight excluding hydrogens is 218 g/mol. The molecule has 2 heterocycles. The Kier molecular flexibility index (Phi) is 3.13. The van der Waals surface area contributed by atoms with Gasteiger partial charge in [0.05, 0.1) is 12.4 Å². The number of nitrogens with zero attached hydrogens (tertiary/aromatic N) is 3.